The average molecular weight is 591 g/mol. The first-order valence-electron chi connectivity index (χ1n) is 12.6. The lowest BCUT2D eigenvalue weighted by molar-refractivity contribution is -0.138. The topological polar surface area (TPSA) is 109 Å². The van der Waals surface area contributed by atoms with E-state index in [-0.39, 0.29) is 41.1 Å². The Morgan fingerprint density at radius 2 is 1.95 bits per heavy atom. The number of nitrogens with zero attached hydrogens (tertiary/aromatic N) is 2. The van der Waals surface area contributed by atoms with E-state index in [9.17, 15) is 14.7 Å². The number of benzene rings is 3. The highest BCUT2D eigenvalue weighted by molar-refractivity contribution is 7.07. The molecule has 0 radical (unpaired) electrons. The van der Waals surface area contributed by atoms with Crippen molar-refractivity contribution in [2.24, 2.45) is 4.99 Å². The number of carbonyl (C=O) groups excluding carboxylic acids is 1. The van der Waals surface area contributed by atoms with Gasteiger partial charge in [-0.25, -0.2) is 9.79 Å². The normalized spacial score (nSPS) is 15.9. The lowest BCUT2D eigenvalue weighted by Crippen LogP contribution is -2.40. The molecule has 0 aliphatic carbocycles. The lowest BCUT2D eigenvalue weighted by atomic mass is 9.93. The van der Waals surface area contributed by atoms with Crippen molar-refractivity contribution in [3.05, 3.63) is 108 Å². The first-order chi connectivity index (χ1) is 19.9. The molecule has 4 aromatic rings. The molecule has 208 valence electrons. The highest BCUT2D eigenvalue weighted by atomic mass is 35.5. The minimum atomic E-state index is -0.866. The van der Waals surface area contributed by atoms with Gasteiger partial charge in [0.1, 0.15) is 0 Å². The van der Waals surface area contributed by atoms with Gasteiger partial charge in [-0.05, 0) is 48.4 Å². The van der Waals surface area contributed by atoms with Crippen LogP contribution in [0, 0.1) is 0 Å². The third-order valence-corrected chi connectivity index (χ3v) is 7.93. The molecule has 0 amide bonds. The van der Waals surface area contributed by atoms with E-state index in [0.29, 0.717) is 43.2 Å². The van der Waals surface area contributed by atoms with Crippen LogP contribution in [0.5, 0.6) is 23.0 Å². The number of aromatic hydroxyl groups is 1. The molecule has 0 fully saturated rings. The van der Waals surface area contributed by atoms with E-state index < -0.39 is 12.0 Å². The zero-order valence-electron chi connectivity index (χ0n) is 21.9. The van der Waals surface area contributed by atoms with Gasteiger partial charge >= 0.3 is 5.97 Å². The molecule has 1 atom stereocenters. The fraction of sp³-hybridized carbons (Fsp3) is 0.167. The molecule has 9 nitrogen and oxygen atoms in total. The predicted molar refractivity (Wildman–Crippen MR) is 153 cm³/mol. The summed E-state index contributed by atoms with van der Waals surface area (Å²) < 4.78 is 23.7. The number of thiazole rings is 1. The Kier molecular flexibility index (Phi) is 7.02. The second-order valence-electron chi connectivity index (χ2n) is 9.10. The monoisotopic (exact) mass is 590 g/mol. The Balaban J connectivity index is 1.64. The Bertz CT molecular complexity index is 1900. The van der Waals surface area contributed by atoms with E-state index in [1.165, 1.54) is 29.1 Å². The summed E-state index contributed by atoms with van der Waals surface area (Å²) in [4.78, 5) is 32.9. The van der Waals surface area contributed by atoms with Gasteiger partial charge in [0.25, 0.3) is 5.56 Å². The fourth-order valence-electron chi connectivity index (χ4n) is 4.82. The van der Waals surface area contributed by atoms with E-state index in [1.807, 2.05) is 30.3 Å². The summed E-state index contributed by atoms with van der Waals surface area (Å²) in [6.07, 6.45) is 1.64. The van der Waals surface area contributed by atoms with Crippen LogP contribution >= 0.6 is 22.9 Å². The Labute approximate surface area is 242 Å². The number of methoxy groups -OCH3 is 1. The number of rotatable bonds is 6. The molecule has 3 heterocycles. The molecule has 41 heavy (non-hydrogen) atoms. The lowest BCUT2D eigenvalue weighted by Gasteiger charge is -2.26. The van der Waals surface area contributed by atoms with Gasteiger partial charge in [-0.3, -0.25) is 9.36 Å². The molecule has 0 bridgehead atoms. The van der Waals surface area contributed by atoms with Gasteiger partial charge in [0.15, 0.2) is 27.8 Å². The minimum Gasteiger partial charge on any atom is -0.503 e. The van der Waals surface area contributed by atoms with Crippen LogP contribution in [0.2, 0.25) is 5.02 Å². The van der Waals surface area contributed by atoms with E-state index >= 15 is 0 Å². The number of hydrogen-bond acceptors (Lipinski definition) is 9. The number of aromatic nitrogens is 1. The largest absolute Gasteiger partial charge is 0.503 e. The van der Waals surface area contributed by atoms with Crippen LogP contribution in [-0.4, -0.2) is 36.2 Å². The Hall–Kier alpha value is -4.54. The van der Waals surface area contributed by atoms with Crippen molar-refractivity contribution in [3.8, 4) is 23.0 Å². The van der Waals surface area contributed by atoms with Gasteiger partial charge in [-0.1, -0.05) is 59.3 Å². The van der Waals surface area contributed by atoms with E-state index in [1.54, 1.807) is 37.3 Å². The summed E-state index contributed by atoms with van der Waals surface area (Å²) in [5.41, 5.74) is 2.15. The molecule has 0 saturated carbocycles. The van der Waals surface area contributed by atoms with Crippen LogP contribution in [0.4, 0.5) is 0 Å². The molecule has 2 aliphatic heterocycles. The van der Waals surface area contributed by atoms with Gasteiger partial charge < -0.3 is 24.1 Å². The molecule has 0 saturated heterocycles. The van der Waals surface area contributed by atoms with Crippen molar-refractivity contribution in [2.45, 2.75) is 13.0 Å². The average Bonchev–Trinajstić information content (AvgIpc) is 3.58. The van der Waals surface area contributed by atoms with Crippen molar-refractivity contribution in [3.63, 3.8) is 0 Å². The predicted octanol–water partition coefficient (Wildman–Crippen LogP) is 4.03. The van der Waals surface area contributed by atoms with E-state index in [2.05, 4.69) is 0 Å². The maximum Gasteiger partial charge on any atom is 0.338 e. The number of phenols is 1. The summed E-state index contributed by atoms with van der Waals surface area (Å²) in [7, 11) is 1.41. The van der Waals surface area contributed by atoms with Crippen molar-refractivity contribution in [2.75, 3.05) is 20.5 Å². The Morgan fingerprint density at radius 1 is 1.17 bits per heavy atom. The Morgan fingerprint density at radius 3 is 2.71 bits per heavy atom. The SMILES string of the molecule is CCOC(=O)C1=C(c2ccccc2)N=c2s/c(=C\c3cc(Cl)c(O)c(OC)c3)c(=O)n2C1c1ccc2c(c1)OCO2. The first kappa shape index (κ1) is 26.7. The number of halogens is 1. The van der Waals surface area contributed by atoms with Gasteiger partial charge in [-0.15, -0.1) is 0 Å². The summed E-state index contributed by atoms with van der Waals surface area (Å²) in [5, 5.41) is 10.2. The van der Waals surface area contributed by atoms with Crippen LogP contribution < -0.4 is 29.1 Å². The molecule has 11 heteroatoms. The molecular formula is C30H23ClN2O7S. The van der Waals surface area contributed by atoms with Crippen LogP contribution in [0.1, 0.15) is 29.7 Å². The number of esters is 1. The molecule has 2 aliphatic rings. The molecule has 1 unspecified atom stereocenters. The number of ether oxygens (including phenoxy) is 4. The van der Waals surface area contributed by atoms with Gasteiger partial charge in [-0.2, -0.15) is 0 Å². The smallest absolute Gasteiger partial charge is 0.338 e. The summed E-state index contributed by atoms with van der Waals surface area (Å²) in [5.74, 6) is 0.483. The van der Waals surface area contributed by atoms with Crippen LogP contribution in [0.15, 0.2) is 76.0 Å². The molecule has 6 rings (SSSR count). The maximum atomic E-state index is 14.0. The van der Waals surface area contributed by atoms with Gasteiger partial charge in [0, 0.05) is 5.56 Å². The van der Waals surface area contributed by atoms with Crippen LogP contribution in [-0.2, 0) is 9.53 Å². The minimum absolute atomic E-state index is 0.0794. The highest BCUT2D eigenvalue weighted by Crippen LogP contribution is 2.40. The maximum absolute atomic E-state index is 14.0. The number of phenolic OH excluding ortho intramolecular Hbond substituents is 1. The van der Waals surface area contributed by atoms with Crippen molar-refractivity contribution < 1.29 is 28.8 Å². The number of fused-ring (bicyclic) bond motifs is 2. The van der Waals surface area contributed by atoms with Crippen molar-refractivity contribution in [1.29, 1.82) is 0 Å². The van der Waals surface area contributed by atoms with Gasteiger partial charge in [0.2, 0.25) is 6.79 Å². The van der Waals surface area contributed by atoms with Gasteiger partial charge in [0.05, 0.1) is 40.6 Å². The second-order valence-corrected chi connectivity index (χ2v) is 10.5. The summed E-state index contributed by atoms with van der Waals surface area (Å²) in [6, 6.07) is 16.9. The van der Waals surface area contributed by atoms with Crippen molar-refractivity contribution in [1.82, 2.24) is 4.57 Å². The molecule has 3 aromatic carbocycles. The second kappa shape index (κ2) is 10.8. The summed E-state index contributed by atoms with van der Waals surface area (Å²) in [6.45, 7) is 1.95. The fourth-order valence-corrected chi connectivity index (χ4v) is 6.04. The molecular weight excluding hydrogens is 568 g/mol. The third kappa shape index (κ3) is 4.75. The number of hydrogen-bond donors (Lipinski definition) is 1. The first-order valence-corrected chi connectivity index (χ1v) is 13.8. The van der Waals surface area contributed by atoms with Crippen LogP contribution in [0.25, 0.3) is 11.8 Å². The van der Waals surface area contributed by atoms with E-state index in [0.717, 1.165) is 0 Å². The molecule has 1 aromatic heterocycles. The van der Waals surface area contributed by atoms with Crippen molar-refractivity contribution >= 4 is 40.7 Å². The van der Waals surface area contributed by atoms with E-state index in [4.69, 9.17) is 35.5 Å². The zero-order valence-corrected chi connectivity index (χ0v) is 23.5. The number of carbonyl (C=O) groups is 1. The quantitative estimate of drug-likeness (QED) is 0.338. The highest BCUT2D eigenvalue weighted by Gasteiger charge is 2.36. The molecule has 1 N–H and O–H groups in total. The molecule has 0 spiro atoms. The standard InChI is InChI=1S/C30H23ClN2O7S/c1-3-38-29(36)24-25(17-7-5-4-6-8-17)32-30-33(26(24)18-9-10-20-21(14-18)40-15-39-20)28(35)23(41-30)13-16-11-19(31)27(34)22(12-16)37-2/h4-14,26,34H,3,15H2,1-2H3/b23-13-. The zero-order chi connectivity index (χ0) is 28.7. The summed E-state index contributed by atoms with van der Waals surface area (Å²) >= 11 is 7.37. The van der Waals surface area contributed by atoms with Crippen LogP contribution in [0.3, 0.4) is 0 Å². The third-order valence-electron chi connectivity index (χ3n) is 6.65.